The number of carbonyl (C=O) groups excluding carboxylic acids is 2. The Kier molecular flexibility index (Phi) is 4.60. The summed E-state index contributed by atoms with van der Waals surface area (Å²) < 4.78 is 0. The number of allylic oxidation sites excluding steroid dienone is 1. The van der Waals surface area contributed by atoms with Crippen LogP contribution >= 0.6 is 0 Å². The second-order valence-electron chi connectivity index (χ2n) is 5.24. The van der Waals surface area contributed by atoms with Crippen LogP contribution < -0.4 is 10.6 Å². The van der Waals surface area contributed by atoms with Crippen molar-refractivity contribution in [3.63, 3.8) is 0 Å². The highest BCUT2D eigenvalue weighted by atomic mass is 16.4. The molecule has 0 fully saturated rings. The van der Waals surface area contributed by atoms with Crippen LogP contribution in [-0.4, -0.2) is 35.5 Å². The summed E-state index contributed by atoms with van der Waals surface area (Å²) in [7, 11) is 0. The third kappa shape index (κ3) is 3.33. The van der Waals surface area contributed by atoms with Crippen molar-refractivity contribution in [1.82, 2.24) is 10.6 Å². The maximum absolute atomic E-state index is 12.3. The van der Waals surface area contributed by atoms with Crippen LogP contribution in [0, 0.1) is 0 Å². The lowest BCUT2D eigenvalue weighted by Gasteiger charge is -2.14. The van der Waals surface area contributed by atoms with Gasteiger partial charge in [0.05, 0.1) is 0 Å². The van der Waals surface area contributed by atoms with Crippen molar-refractivity contribution < 1.29 is 19.5 Å². The number of fused-ring (bicyclic) bond motifs is 1. The third-order valence-electron chi connectivity index (χ3n) is 3.67. The van der Waals surface area contributed by atoms with Gasteiger partial charge in [0, 0.05) is 12.0 Å². The van der Waals surface area contributed by atoms with Crippen molar-refractivity contribution >= 4 is 23.4 Å². The quantitative estimate of drug-likeness (QED) is 0.747. The van der Waals surface area contributed by atoms with E-state index in [-0.39, 0.29) is 5.91 Å². The van der Waals surface area contributed by atoms with Crippen molar-refractivity contribution in [1.29, 1.82) is 0 Å². The van der Waals surface area contributed by atoms with E-state index in [1.807, 2.05) is 31.2 Å². The maximum Gasteiger partial charge on any atom is 0.322 e. The molecule has 0 bridgehead atoms. The van der Waals surface area contributed by atoms with Crippen molar-refractivity contribution in [2.24, 2.45) is 0 Å². The molecule has 0 aromatic heterocycles. The van der Waals surface area contributed by atoms with Crippen molar-refractivity contribution in [3.8, 4) is 0 Å². The van der Waals surface area contributed by atoms with Gasteiger partial charge in [-0.15, -0.1) is 0 Å². The molecule has 0 heterocycles. The average molecular weight is 302 g/mol. The van der Waals surface area contributed by atoms with E-state index in [1.54, 1.807) is 0 Å². The van der Waals surface area contributed by atoms with E-state index >= 15 is 0 Å². The zero-order valence-corrected chi connectivity index (χ0v) is 12.5. The molecular formula is C16H18N2O4. The fourth-order valence-electron chi connectivity index (χ4n) is 2.44. The molecule has 0 radical (unpaired) electrons. The highest BCUT2D eigenvalue weighted by Gasteiger charge is 2.25. The van der Waals surface area contributed by atoms with Crippen molar-refractivity contribution in [2.75, 3.05) is 6.54 Å². The zero-order chi connectivity index (χ0) is 16.3. The molecule has 22 heavy (non-hydrogen) atoms. The lowest BCUT2D eigenvalue weighted by Crippen LogP contribution is -2.46. The van der Waals surface area contributed by atoms with E-state index < -0.39 is 24.5 Å². The van der Waals surface area contributed by atoms with E-state index in [9.17, 15) is 14.4 Å². The Labute approximate surface area is 128 Å². The van der Waals surface area contributed by atoms with E-state index in [0.29, 0.717) is 12.0 Å². The van der Waals surface area contributed by atoms with Crippen molar-refractivity contribution in [2.45, 2.75) is 26.3 Å². The first-order chi connectivity index (χ1) is 10.4. The van der Waals surface area contributed by atoms with Gasteiger partial charge in [-0.25, -0.2) is 0 Å². The standard InChI is InChI=1S/C16H18N2O4/c1-9-12-6-4-3-5-11(12)7-13(9)16(22)18-10(2)15(21)17-8-14(19)20/h3-6,10H,7-8H2,1-2H3,(H,17,21)(H,18,22)(H,19,20)/t10-/m1/s1. The van der Waals surface area contributed by atoms with Crippen LogP contribution in [0.25, 0.3) is 5.57 Å². The molecule has 0 saturated heterocycles. The van der Waals surface area contributed by atoms with Gasteiger partial charge in [0.2, 0.25) is 11.8 Å². The summed E-state index contributed by atoms with van der Waals surface area (Å²) in [5.41, 5.74) is 3.69. The number of carbonyl (C=O) groups is 3. The van der Waals surface area contributed by atoms with Crippen LogP contribution in [0.1, 0.15) is 25.0 Å². The second kappa shape index (κ2) is 6.43. The average Bonchev–Trinajstić information content (AvgIpc) is 2.82. The molecule has 3 N–H and O–H groups in total. The molecule has 116 valence electrons. The molecule has 0 spiro atoms. The van der Waals surface area contributed by atoms with Crippen LogP contribution in [0.4, 0.5) is 0 Å². The number of carboxylic acids is 1. The Morgan fingerprint density at radius 3 is 2.59 bits per heavy atom. The lowest BCUT2D eigenvalue weighted by molar-refractivity contribution is -0.138. The molecule has 0 unspecified atom stereocenters. The number of amides is 2. The first-order valence-corrected chi connectivity index (χ1v) is 6.98. The predicted octanol–water partition coefficient (Wildman–Crippen LogP) is 0.722. The molecule has 1 atom stereocenters. The number of nitrogens with one attached hydrogen (secondary N) is 2. The Morgan fingerprint density at radius 2 is 1.95 bits per heavy atom. The van der Waals surface area contributed by atoms with Crippen LogP contribution in [0.15, 0.2) is 29.8 Å². The molecule has 6 nitrogen and oxygen atoms in total. The Morgan fingerprint density at radius 1 is 1.27 bits per heavy atom. The molecule has 0 aliphatic heterocycles. The predicted molar refractivity (Wildman–Crippen MR) is 81.0 cm³/mol. The smallest absolute Gasteiger partial charge is 0.322 e. The number of carboxylic acid groups (broad SMARTS) is 1. The second-order valence-corrected chi connectivity index (χ2v) is 5.24. The fourth-order valence-corrected chi connectivity index (χ4v) is 2.44. The van der Waals surface area contributed by atoms with Gasteiger partial charge in [0.15, 0.2) is 0 Å². The molecule has 2 amide bonds. The van der Waals surface area contributed by atoms with Gasteiger partial charge in [-0.2, -0.15) is 0 Å². The summed E-state index contributed by atoms with van der Waals surface area (Å²) in [5, 5.41) is 13.4. The topological polar surface area (TPSA) is 95.5 Å². The summed E-state index contributed by atoms with van der Waals surface area (Å²) in [6.07, 6.45) is 0.539. The van der Waals surface area contributed by atoms with E-state index in [4.69, 9.17) is 5.11 Å². The molecular weight excluding hydrogens is 284 g/mol. The summed E-state index contributed by atoms with van der Waals surface area (Å²) in [6.45, 7) is 2.94. The monoisotopic (exact) mass is 302 g/mol. The number of hydrogen-bond donors (Lipinski definition) is 3. The summed E-state index contributed by atoms with van der Waals surface area (Å²) in [6, 6.07) is 6.99. The van der Waals surface area contributed by atoms with Gasteiger partial charge < -0.3 is 15.7 Å². The number of benzene rings is 1. The minimum Gasteiger partial charge on any atom is -0.480 e. The van der Waals surface area contributed by atoms with Gasteiger partial charge in [0.25, 0.3) is 0 Å². The van der Waals surface area contributed by atoms with E-state index in [2.05, 4.69) is 10.6 Å². The zero-order valence-electron chi connectivity index (χ0n) is 12.5. The third-order valence-corrected chi connectivity index (χ3v) is 3.67. The molecule has 6 heteroatoms. The Balaban J connectivity index is 2.00. The summed E-state index contributed by atoms with van der Waals surface area (Å²) in [5.74, 6) is -1.95. The van der Waals surface area contributed by atoms with Gasteiger partial charge in [-0.05, 0) is 30.5 Å². The van der Waals surface area contributed by atoms with E-state index in [0.717, 1.165) is 16.7 Å². The SMILES string of the molecule is CC1=C(C(=O)N[C@H](C)C(=O)NCC(=O)O)Cc2ccccc21. The number of aliphatic carboxylic acids is 1. The largest absolute Gasteiger partial charge is 0.480 e. The minimum atomic E-state index is -1.13. The summed E-state index contributed by atoms with van der Waals surface area (Å²) in [4.78, 5) is 34.4. The van der Waals surface area contributed by atoms with Gasteiger partial charge >= 0.3 is 5.97 Å². The normalized spacial score (nSPS) is 14.3. The molecule has 2 rings (SSSR count). The minimum absolute atomic E-state index is 0.299. The Hall–Kier alpha value is -2.63. The number of rotatable bonds is 5. The lowest BCUT2D eigenvalue weighted by atomic mass is 10.1. The molecule has 1 aromatic rings. The molecule has 0 saturated carbocycles. The fraction of sp³-hybridized carbons (Fsp3) is 0.312. The summed E-state index contributed by atoms with van der Waals surface area (Å²) >= 11 is 0. The Bertz CT molecular complexity index is 664. The van der Waals surface area contributed by atoms with Gasteiger partial charge in [-0.3, -0.25) is 14.4 Å². The molecule has 1 aliphatic rings. The highest BCUT2D eigenvalue weighted by molar-refractivity contribution is 6.05. The van der Waals surface area contributed by atoms with E-state index in [1.165, 1.54) is 6.92 Å². The first-order valence-electron chi connectivity index (χ1n) is 6.98. The van der Waals surface area contributed by atoms with Crippen LogP contribution in [-0.2, 0) is 20.8 Å². The highest BCUT2D eigenvalue weighted by Crippen LogP contribution is 2.32. The first kappa shape index (κ1) is 15.8. The van der Waals surface area contributed by atoms with Crippen molar-refractivity contribution in [3.05, 3.63) is 41.0 Å². The number of hydrogen-bond acceptors (Lipinski definition) is 3. The molecule has 1 aromatic carbocycles. The van der Waals surface area contributed by atoms with Crippen LogP contribution in [0.3, 0.4) is 0 Å². The molecule has 1 aliphatic carbocycles. The van der Waals surface area contributed by atoms with Crippen LogP contribution in [0.2, 0.25) is 0 Å². The maximum atomic E-state index is 12.3. The van der Waals surface area contributed by atoms with Crippen LogP contribution in [0.5, 0.6) is 0 Å². The van der Waals surface area contributed by atoms with Gasteiger partial charge in [-0.1, -0.05) is 24.3 Å². The van der Waals surface area contributed by atoms with Gasteiger partial charge in [0.1, 0.15) is 12.6 Å².